The van der Waals surface area contributed by atoms with Crippen LogP contribution in [0.1, 0.15) is 24.0 Å². The summed E-state index contributed by atoms with van der Waals surface area (Å²) in [5.74, 6) is 1.08. The van der Waals surface area contributed by atoms with Crippen molar-refractivity contribution in [3.8, 4) is 11.5 Å². The number of piperidine rings is 1. The highest BCUT2D eigenvalue weighted by molar-refractivity contribution is 5.98. The molecule has 4 nitrogen and oxygen atoms in total. The molecule has 1 aromatic rings. The predicted octanol–water partition coefficient (Wildman–Crippen LogP) is 2.11. The Bertz CT molecular complexity index is 855. The van der Waals surface area contributed by atoms with Gasteiger partial charge < -0.3 is 9.84 Å². The molecule has 4 unspecified atom stereocenters. The first-order chi connectivity index (χ1) is 11.7. The Labute approximate surface area is 140 Å². The molecule has 122 valence electrons. The number of carbonyl (C=O) groups is 1. The second-order valence-electron chi connectivity index (χ2n) is 7.83. The first-order valence-electron chi connectivity index (χ1n) is 8.84. The maximum absolute atomic E-state index is 12.6. The summed E-state index contributed by atoms with van der Waals surface area (Å²) in [5, 5.41) is 10.3. The number of ether oxygens (including phenoxy) is 1. The van der Waals surface area contributed by atoms with Crippen LogP contribution >= 0.6 is 0 Å². The van der Waals surface area contributed by atoms with Gasteiger partial charge in [0.25, 0.3) is 0 Å². The highest BCUT2D eigenvalue weighted by Crippen LogP contribution is 2.62. The zero-order valence-electron chi connectivity index (χ0n) is 13.4. The summed E-state index contributed by atoms with van der Waals surface area (Å²) in [7, 11) is 0. The summed E-state index contributed by atoms with van der Waals surface area (Å²) in [6.45, 7) is 2.05. The van der Waals surface area contributed by atoms with Gasteiger partial charge >= 0.3 is 0 Å². The summed E-state index contributed by atoms with van der Waals surface area (Å²) < 4.78 is 6.07. The number of phenols is 1. The fourth-order valence-electron chi connectivity index (χ4n) is 5.63. The molecule has 1 aromatic carbocycles. The number of carbonyl (C=O) groups excluding carboxylic acids is 1. The summed E-state index contributed by atoms with van der Waals surface area (Å²) in [4.78, 5) is 15.2. The van der Waals surface area contributed by atoms with E-state index >= 15 is 0 Å². The van der Waals surface area contributed by atoms with E-state index in [1.165, 1.54) is 5.56 Å². The van der Waals surface area contributed by atoms with Crippen LogP contribution in [0.15, 0.2) is 35.9 Å². The summed E-state index contributed by atoms with van der Waals surface area (Å²) in [5.41, 5.74) is 3.64. The summed E-state index contributed by atoms with van der Waals surface area (Å²) in [6, 6.07) is 4.18. The van der Waals surface area contributed by atoms with E-state index in [-0.39, 0.29) is 16.9 Å². The third-order valence-electron chi connectivity index (χ3n) is 6.74. The van der Waals surface area contributed by atoms with Crippen LogP contribution in [0.2, 0.25) is 0 Å². The van der Waals surface area contributed by atoms with Gasteiger partial charge in [-0.1, -0.05) is 23.8 Å². The van der Waals surface area contributed by atoms with Gasteiger partial charge in [0.1, 0.15) is 0 Å². The van der Waals surface area contributed by atoms with Gasteiger partial charge in [-0.2, -0.15) is 0 Å². The van der Waals surface area contributed by atoms with E-state index in [0.29, 0.717) is 17.7 Å². The predicted molar refractivity (Wildman–Crippen MR) is 88.2 cm³/mol. The minimum atomic E-state index is -0.459. The fourth-order valence-corrected chi connectivity index (χ4v) is 5.63. The number of hydrogen-bond donors (Lipinski definition) is 1. The van der Waals surface area contributed by atoms with Crippen molar-refractivity contribution in [1.29, 1.82) is 0 Å². The van der Waals surface area contributed by atoms with E-state index in [0.717, 1.165) is 37.9 Å². The maximum atomic E-state index is 12.6. The molecule has 3 aliphatic carbocycles. The topological polar surface area (TPSA) is 49.8 Å². The average Bonchev–Trinajstić information content (AvgIpc) is 3.32. The minimum Gasteiger partial charge on any atom is -0.504 e. The largest absolute Gasteiger partial charge is 0.504 e. The SMILES string of the molecule is O=C1C=CC2C3Cc4ccc(O)c5c4C2(CCN3CC2=CC2)C1O5. The van der Waals surface area contributed by atoms with Crippen LogP contribution in [0.25, 0.3) is 0 Å². The second kappa shape index (κ2) is 4.12. The lowest BCUT2D eigenvalue weighted by atomic mass is 9.53. The van der Waals surface area contributed by atoms with Crippen molar-refractivity contribution in [3.05, 3.63) is 47.1 Å². The molecule has 24 heavy (non-hydrogen) atoms. The van der Waals surface area contributed by atoms with Crippen LogP contribution < -0.4 is 4.74 Å². The monoisotopic (exact) mass is 321 g/mol. The lowest BCUT2D eigenvalue weighted by molar-refractivity contribution is -0.127. The molecule has 2 bridgehead atoms. The average molecular weight is 321 g/mol. The Hall–Kier alpha value is -2.07. The third-order valence-corrected chi connectivity index (χ3v) is 6.74. The van der Waals surface area contributed by atoms with Crippen molar-refractivity contribution in [3.63, 3.8) is 0 Å². The van der Waals surface area contributed by atoms with Crippen molar-refractivity contribution in [2.75, 3.05) is 13.1 Å². The maximum Gasteiger partial charge on any atom is 0.196 e. The molecule has 2 aliphatic heterocycles. The van der Waals surface area contributed by atoms with Gasteiger partial charge in [0.05, 0.1) is 5.41 Å². The van der Waals surface area contributed by atoms with Crippen molar-refractivity contribution in [2.45, 2.75) is 36.8 Å². The molecular formula is C20H19NO3. The zero-order valence-corrected chi connectivity index (χ0v) is 13.4. The molecule has 4 atom stereocenters. The number of aromatic hydroxyl groups is 1. The Kier molecular flexibility index (Phi) is 2.27. The Morgan fingerprint density at radius 2 is 2.25 bits per heavy atom. The standard InChI is InChI=1S/C20H19NO3/c22-15-5-3-12-9-14-13-4-6-16(23)19-20(13,17(12)18(15)24-19)7-8-21(14)10-11-1-2-11/h1,3-6,13-14,19,22H,2,7-10H2. The number of nitrogens with zero attached hydrogens (tertiary/aromatic N) is 1. The van der Waals surface area contributed by atoms with Crippen LogP contribution in [0.5, 0.6) is 11.5 Å². The van der Waals surface area contributed by atoms with Gasteiger partial charge in [0.15, 0.2) is 23.4 Å². The smallest absolute Gasteiger partial charge is 0.196 e. The second-order valence-corrected chi connectivity index (χ2v) is 7.83. The quantitative estimate of drug-likeness (QED) is 0.848. The molecule has 0 saturated carbocycles. The molecule has 4 heteroatoms. The normalized spacial score (nSPS) is 37.8. The van der Waals surface area contributed by atoms with Crippen LogP contribution in [0, 0.1) is 5.92 Å². The van der Waals surface area contributed by atoms with E-state index in [4.69, 9.17) is 4.74 Å². The Balaban J connectivity index is 1.57. The molecular weight excluding hydrogens is 302 g/mol. The highest BCUT2D eigenvalue weighted by atomic mass is 16.5. The Morgan fingerprint density at radius 1 is 1.38 bits per heavy atom. The number of benzene rings is 1. The van der Waals surface area contributed by atoms with Crippen LogP contribution in [0.3, 0.4) is 0 Å². The summed E-state index contributed by atoms with van der Waals surface area (Å²) in [6.07, 6.45) is 8.74. The lowest BCUT2D eigenvalue weighted by Crippen LogP contribution is -2.64. The molecule has 6 rings (SSSR count). The molecule has 0 amide bonds. The summed E-state index contributed by atoms with van der Waals surface area (Å²) >= 11 is 0. The number of ketones is 1. The van der Waals surface area contributed by atoms with E-state index in [9.17, 15) is 9.90 Å². The van der Waals surface area contributed by atoms with Gasteiger partial charge in [-0.25, -0.2) is 0 Å². The third kappa shape index (κ3) is 1.42. The van der Waals surface area contributed by atoms with E-state index < -0.39 is 6.10 Å². The van der Waals surface area contributed by atoms with Gasteiger partial charge in [-0.3, -0.25) is 9.69 Å². The van der Waals surface area contributed by atoms with Crippen molar-refractivity contribution >= 4 is 5.78 Å². The highest BCUT2D eigenvalue weighted by Gasteiger charge is 2.64. The van der Waals surface area contributed by atoms with Crippen LogP contribution in [-0.2, 0) is 16.6 Å². The van der Waals surface area contributed by atoms with Crippen molar-refractivity contribution in [1.82, 2.24) is 4.90 Å². The molecule has 0 radical (unpaired) electrons. The number of rotatable bonds is 2. The molecule has 2 heterocycles. The zero-order chi connectivity index (χ0) is 16.1. The van der Waals surface area contributed by atoms with Crippen molar-refractivity contribution in [2.24, 2.45) is 5.92 Å². The van der Waals surface area contributed by atoms with E-state index in [1.54, 1.807) is 17.7 Å². The van der Waals surface area contributed by atoms with Gasteiger partial charge in [0.2, 0.25) is 0 Å². The molecule has 0 aromatic heterocycles. The first kappa shape index (κ1) is 13.2. The molecule has 1 N–H and O–H groups in total. The number of likely N-dealkylation sites (tertiary alicyclic amines) is 1. The molecule has 5 aliphatic rings. The lowest BCUT2D eigenvalue weighted by Gasteiger charge is -2.56. The first-order valence-corrected chi connectivity index (χ1v) is 8.84. The minimum absolute atomic E-state index is 0.0480. The molecule has 1 fully saturated rings. The Morgan fingerprint density at radius 3 is 3.08 bits per heavy atom. The van der Waals surface area contributed by atoms with Gasteiger partial charge in [-0.05, 0) is 43.5 Å². The molecule has 1 spiro atoms. The van der Waals surface area contributed by atoms with E-state index in [1.807, 2.05) is 6.07 Å². The van der Waals surface area contributed by atoms with Gasteiger partial charge in [0, 0.05) is 24.1 Å². The molecule has 1 saturated heterocycles. The van der Waals surface area contributed by atoms with E-state index in [2.05, 4.69) is 17.1 Å². The van der Waals surface area contributed by atoms with Gasteiger partial charge in [-0.15, -0.1) is 0 Å². The number of hydrogen-bond acceptors (Lipinski definition) is 4. The fraction of sp³-hybridized carbons (Fsp3) is 0.450. The number of allylic oxidation sites excluding steroid dienone is 1. The van der Waals surface area contributed by atoms with Crippen molar-refractivity contribution < 1.29 is 14.6 Å². The number of phenolic OH excluding ortho intramolecular Hbond substituents is 1. The van der Waals surface area contributed by atoms with Crippen LogP contribution in [0.4, 0.5) is 0 Å². The van der Waals surface area contributed by atoms with Crippen LogP contribution in [-0.4, -0.2) is 41.0 Å².